The predicted octanol–water partition coefficient (Wildman–Crippen LogP) is 3.53. The quantitative estimate of drug-likeness (QED) is 0.551. The van der Waals surface area contributed by atoms with E-state index in [4.69, 9.17) is 25.8 Å². The molecule has 2 N–H and O–H groups in total. The summed E-state index contributed by atoms with van der Waals surface area (Å²) in [7, 11) is 0. The van der Waals surface area contributed by atoms with Crippen LogP contribution in [0.2, 0.25) is 5.02 Å². The van der Waals surface area contributed by atoms with Gasteiger partial charge in [0.1, 0.15) is 36.4 Å². The van der Waals surface area contributed by atoms with Gasteiger partial charge in [-0.15, -0.1) is 0 Å². The molecule has 1 atom stereocenters. The molecule has 1 fully saturated rings. The minimum absolute atomic E-state index is 0.00808. The number of hydrogen-bond acceptors (Lipinski definition) is 7. The molecule has 3 aromatic rings. The van der Waals surface area contributed by atoms with E-state index in [2.05, 4.69) is 20.6 Å². The van der Waals surface area contributed by atoms with E-state index in [1.165, 1.54) is 18.5 Å². The van der Waals surface area contributed by atoms with Gasteiger partial charge in [-0.25, -0.2) is 14.4 Å². The monoisotopic (exact) mass is 432 g/mol. The fourth-order valence-electron chi connectivity index (χ4n) is 3.01. The topological polar surface area (TPSA) is 94.6 Å². The number of nitrogens with one attached hydrogen (secondary N) is 2. The maximum atomic E-state index is 13.4. The summed E-state index contributed by atoms with van der Waals surface area (Å²) in [5.41, 5.74) is 1.60. The lowest BCUT2D eigenvalue weighted by Gasteiger charge is -2.23. The molecule has 1 saturated heterocycles. The first-order valence-electron chi connectivity index (χ1n) is 9.17. The zero-order valence-corrected chi connectivity index (χ0v) is 16.5. The van der Waals surface area contributed by atoms with Gasteiger partial charge in [0.15, 0.2) is 0 Å². The summed E-state index contributed by atoms with van der Waals surface area (Å²) in [6.45, 7) is 1.79. The highest BCUT2D eigenvalue weighted by Crippen LogP contribution is 2.33. The summed E-state index contributed by atoms with van der Waals surface area (Å²) in [6.07, 6.45) is 1.76. The minimum atomic E-state index is -0.513. The van der Waals surface area contributed by atoms with E-state index < -0.39 is 5.82 Å². The summed E-state index contributed by atoms with van der Waals surface area (Å²) in [5, 5.41) is 6.35. The van der Waals surface area contributed by atoms with E-state index in [-0.39, 0.29) is 17.7 Å². The third kappa shape index (κ3) is 4.59. The second-order valence-electron chi connectivity index (χ2n) is 6.48. The second-order valence-corrected chi connectivity index (χ2v) is 6.89. The summed E-state index contributed by atoms with van der Waals surface area (Å²) in [4.78, 5) is 19.6. The Bertz CT molecular complexity index is 1060. The molecule has 1 aliphatic heterocycles. The Morgan fingerprint density at radius 2 is 2.17 bits per heavy atom. The average molecular weight is 433 g/mol. The van der Waals surface area contributed by atoms with Gasteiger partial charge < -0.3 is 24.8 Å². The van der Waals surface area contributed by atoms with Crippen LogP contribution in [0.5, 0.6) is 5.75 Å². The van der Waals surface area contributed by atoms with Crippen molar-refractivity contribution in [3.8, 4) is 5.75 Å². The minimum Gasteiger partial charge on any atom is -0.489 e. The zero-order valence-electron chi connectivity index (χ0n) is 15.7. The molecule has 2 aromatic carbocycles. The molecule has 156 valence electrons. The average Bonchev–Trinajstić information content (AvgIpc) is 2.76. The molecule has 1 unspecified atom stereocenters. The summed E-state index contributed by atoms with van der Waals surface area (Å²) < 4.78 is 30.2. The summed E-state index contributed by atoms with van der Waals surface area (Å²) in [5.74, 6) is 0.395. The van der Waals surface area contributed by atoms with E-state index in [0.29, 0.717) is 60.1 Å². The first-order chi connectivity index (χ1) is 14.6. The maximum Gasteiger partial charge on any atom is 0.211 e. The standard InChI is InChI=1S/C20H18ClFN4O4/c21-15-5-12(1-2-16(15)22)26-20-14-6-18(25-11-27)19(7-17(14)23-10-24-20)30-9-13-8-28-3-4-29-13/h1-2,5-7,10-11,13H,3-4,8-9H2,(H,25,27)(H,23,24,26). The molecule has 0 saturated carbocycles. The molecule has 0 aliphatic carbocycles. The van der Waals surface area contributed by atoms with Crippen molar-refractivity contribution < 1.29 is 23.4 Å². The first-order valence-corrected chi connectivity index (χ1v) is 9.55. The lowest BCUT2D eigenvalue weighted by molar-refractivity contribution is -0.105. The Kier molecular flexibility index (Phi) is 6.22. The van der Waals surface area contributed by atoms with E-state index >= 15 is 0 Å². The normalized spacial score (nSPS) is 16.3. The third-order valence-corrected chi connectivity index (χ3v) is 4.73. The Morgan fingerprint density at radius 3 is 2.93 bits per heavy atom. The number of benzene rings is 2. The molecule has 0 bridgehead atoms. The van der Waals surface area contributed by atoms with E-state index in [1.54, 1.807) is 18.2 Å². The van der Waals surface area contributed by atoms with Crippen molar-refractivity contribution in [1.82, 2.24) is 9.97 Å². The van der Waals surface area contributed by atoms with Crippen LogP contribution in [-0.2, 0) is 14.3 Å². The van der Waals surface area contributed by atoms with Crippen LogP contribution in [-0.4, -0.2) is 48.9 Å². The number of amides is 1. The number of carbonyl (C=O) groups excluding carboxylic acids is 1. The van der Waals surface area contributed by atoms with Gasteiger partial charge in [0, 0.05) is 17.1 Å². The molecule has 30 heavy (non-hydrogen) atoms. The zero-order chi connectivity index (χ0) is 20.9. The number of halogens is 2. The van der Waals surface area contributed by atoms with Crippen LogP contribution in [0.3, 0.4) is 0 Å². The number of anilines is 3. The van der Waals surface area contributed by atoms with Gasteiger partial charge in [-0.05, 0) is 24.3 Å². The van der Waals surface area contributed by atoms with Crippen LogP contribution in [0.1, 0.15) is 0 Å². The van der Waals surface area contributed by atoms with Gasteiger partial charge in [0.05, 0.1) is 36.0 Å². The van der Waals surface area contributed by atoms with E-state index in [0.717, 1.165) is 0 Å². The SMILES string of the molecule is O=CNc1cc2c(Nc3ccc(F)c(Cl)c3)ncnc2cc1OCC1COCCO1. The van der Waals surface area contributed by atoms with Crippen molar-refractivity contribution in [1.29, 1.82) is 0 Å². The number of rotatable bonds is 7. The van der Waals surface area contributed by atoms with E-state index in [1.807, 2.05) is 0 Å². The molecule has 4 rings (SSSR count). The summed E-state index contributed by atoms with van der Waals surface area (Å²) in [6, 6.07) is 7.67. The lowest BCUT2D eigenvalue weighted by atomic mass is 10.2. The molecule has 0 spiro atoms. The Hall–Kier alpha value is -3.01. The highest BCUT2D eigenvalue weighted by atomic mass is 35.5. The largest absolute Gasteiger partial charge is 0.489 e. The molecule has 1 aromatic heterocycles. The van der Waals surface area contributed by atoms with Crippen LogP contribution in [0.25, 0.3) is 10.9 Å². The number of fused-ring (bicyclic) bond motifs is 1. The van der Waals surface area contributed by atoms with Gasteiger partial charge in [0.2, 0.25) is 6.41 Å². The van der Waals surface area contributed by atoms with Gasteiger partial charge in [-0.2, -0.15) is 0 Å². The second kappa shape index (κ2) is 9.21. The Labute approximate surface area is 176 Å². The maximum absolute atomic E-state index is 13.4. The number of carbonyl (C=O) groups is 1. The fourth-order valence-corrected chi connectivity index (χ4v) is 3.19. The highest BCUT2D eigenvalue weighted by Gasteiger charge is 2.17. The van der Waals surface area contributed by atoms with Crippen molar-refractivity contribution in [2.24, 2.45) is 0 Å². The van der Waals surface area contributed by atoms with Crippen LogP contribution in [0.4, 0.5) is 21.6 Å². The number of hydrogen-bond donors (Lipinski definition) is 2. The molecule has 10 heteroatoms. The number of aromatic nitrogens is 2. The molecule has 2 heterocycles. The fraction of sp³-hybridized carbons (Fsp3) is 0.250. The van der Waals surface area contributed by atoms with Crippen molar-refractivity contribution >= 4 is 46.1 Å². The van der Waals surface area contributed by atoms with Gasteiger partial charge in [-0.1, -0.05) is 11.6 Å². The number of ether oxygens (including phenoxy) is 3. The predicted molar refractivity (Wildman–Crippen MR) is 110 cm³/mol. The molecular weight excluding hydrogens is 415 g/mol. The smallest absolute Gasteiger partial charge is 0.211 e. The van der Waals surface area contributed by atoms with Crippen LogP contribution >= 0.6 is 11.6 Å². The highest BCUT2D eigenvalue weighted by molar-refractivity contribution is 6.31. The van der Waals surface area contributed by atoms with Gasteiger partial charge >= 0.3 is 0 Å². The third-order valence-electron chi connectivity index (χ3n) is 4.44. The van der Waals surface area contributed by atoms with Crippen molar-refractivity contribution in [2.75, 3.05) is 37.1 Å². The Morgan fingerprint density at radius 1 is 1.27 bits per heavy atom. The van der Waals surface area contributed by atoms with Crippen LogP contribution < -0.4 is 15.4 Å². The van der Waals surface area contributed by atoms with Crippen LogP contribution in [0, 0.1) is 5.82 Å². The lowest BCUT2D eigenvalue weighted by Crippen LogP contribution is -2.33. The summed E-state index contributed by atoms with van der Waals surface area (Å²) >= 11 is 5.85. The first kappa shape index (κ1) is 20.3. The van der Waals surface area contributed by atoms with Gasteiger partial charge in [-0.3, -0.25) is 4.79 Å². The molecule has 8 nitrogen and oxygen atoms in total. The van der Waals surface area contributed by atoms with Gasteiger partial charge in [0.25, 0.3) is 0 Å². The number of nitrogens with zero attached hydrogens (tertiary/aromatic N) is 2. The van der Waals surface area contributed by atoms with Crippen LogP contribution in [0.15, 0.2) is 36.7 Å². The van der Waals surface area contributed by atoms with Crippen molar-refractivity contribution in [2.45, 2.75) is 6.10 Å². The molecule has 1 aliphatic rings. The van der Waals surface area contributed by atoms with Crippen molar-refractivity contribution in [3.63, 3.8) is 0 Å². The molecule has 1 amide bonds. The molecular formula is C20H18ClFN4O4. The Balaban J connectivity index is 1.63. The van der Waals surface area contributed by atoms with Crippen molar-refractivity contribution in [3.05, 3.63) is 47.5 Å². The molecule has 0 radical (unpaired) electrons. The van der Waals surface area contributed by atoms with E-state index in [9.17, 15) is 9.18 Å².